The Balaban J connectivity index is 1.60. The Labute approximate surface area is 156 Å². The molecule has 26 heavy (non-hydrogen) atoms. The third-order valence-electron chi connectivity index (χ3n) is 4.48. The Kier molecular flexibility index (Phi) is 5.63. The third kappa shape index (κ3) is 3.91. The van der Waals surface area contributed by atoms with Crippen LogP contribution in [0.1, 0.15) is 13.3 Å². The summed E-state index contributed by atoms with van der Waals surface area (Å²) in [5.74, 6) is -0.270. The predicted octanol–water partition coefficient (Wildman–Crippen LogP) is 1.89. The number of imide groups is 1. The standard InChI is InChI=1S/C17H21ClN4O4/c1-2-26-17(25)21-9-7-20(8-10-21)14-11-15(23)22(16(24)19-14)13-5-3-12(18)4-6-13/h3-6,14H,2,7-11H2,1H3,(H,19,24). The second kappa shape index (κ2) is 7.92. The lowest BCUT2D eigenvalue weighted by Crippen LogP contribution is -2.63. The zero-order chi connectivity index (χ0) is 18.7. The number of rotatable bonds is 3. The average molecular weight is 381 g/mol. The molecule has 1 unspecified atom stereocenters. The first-order chi connectivity index (χ1) is 12.5. The van der Waals surface area contributed by atoms with E-state index in [0.717, 1.165) is 4.90 Å². The zero-order valence-electron chi connectivity index (χ0n) is 14.5. The van der Waals surface area contributed by atoms with Gasteiger partial charge in [-0.25, -0.2) is 14.5 Å². The van der Waals surface area contributed by atoms with Crippen LogP contribution >= 0.6 is 11.6 Å². The van der Waals surface area contributed by atoms with E-state index in [1.54, 1.807) is 36.1 Å². The van der Waals surface area contributed by atoms with Crippen LogP contribution in [0.15, 0.2) is 24.3 Å². The highest BCUT2D eigenvalue weighted by Crippen LogP contribution is 2.23. The van der Waals surface area contributed by atoms with E-state index in [1.807, 2.05) is 4.90 Å². The maximum Gasteiger partial charge on any atom is 0.409 e. The van der Waals surface area contributed by atoms with Gasteiger partial charge in [-0.15, -0.1) is 0 Å². The van der Waals surface area contributed by atoms with Crippen LogP contribution in [0, 0.1) is 0 Å². The summed E-state index contributed by atoms with van der Waals surface area (Å²) >= 11 is 5.85. The van der Waals surface area contributed by atoms with E-state index in [2.05, 4.69) is 5.32 Å². The van der Waals surface area contributed by atoms with Crippen molar-refractivity contribution >= 4 is 35.3 Å². The van der Waals surface area contributed by atoms with Crippen molar-refractivity contribution in [3.05, 3.63) is 29.3 Å². The van der Waals surface area contributed by atoms with Gasteiger partial charge in [0.15, 0.2) is 0 Å². The monoisotopic (exact) mass is 380 g/mol. The maximum absolute atomic E-state index is 12.5. The van der Waals surface area contributed by atoms with E-state index in [0.29, 0.717) is 43.5 Å². The van der Waals surface area contributed by atoms with E-state index in [-0.39, 0.29) is 24.6 Å². The van der Waals surface area contributed by atoms with Gasteiger partial charge in [0.2, 0.25) is 5.91 Å². The van der Waals surface area contributed by atoms with Crippen LogP contribution in [0.5, 0.6) is 0 Å². The molecule has 0 bridgehead atoms. The molecule has 2 fully saturated rings. The molecular weight excluding hydrogens is 360 g/mol. The number of piperazine rings is 1. The molecule has 140 valence electrons. The smallest absolute Gasteiger partial charge is 0.409 e. The molecule has 1 aromatic carbocycles. The molecule has 0 saturated carbocycles. The molecule has 2 heterocycles. The van der Waals surface area contributed by atoms with E-state index in [1.165, 1.54) is 0 Å². The largest absolute Gasteiger partial charge is 0.450 e. The van der Waals surface area contributed by atoms with Crippen molar-refractivity contribution in [1.82, 2.24) is 15.1 Å². The lowest BCUT2D eigenvalue weighted by atomic mass is 10.1. The number of urea groups is 1. The molecule has 4 amide bonds. The highest BCUT2D eigenvalue weighted by Gasteiger charge is 2.37. The highest BCUT2D eigenvalue weighted by molar-refractivity contribution is 6.30. The summed E-state index contributed by atoms with van der Waals surface area (Å²) in [6, 6.07) is 6.09. The first-order valence-electron chi connectivity index (χ1n) is 8.54. The number of carbonyl (C=O) groups excluding carboxylic acids is 3. The number of benzene rings is 1. The Morgan fingerprint density at radius 1 is 1.19 bits per heavy atom. The fourth-order valence-corrected chi connectivity index (χ4v) is 3.26. The van der Waals surface area contributed by atoms with Crippen molar-refractivity contribution in [1.29, 1.82) is 0 Å². The number of amides is 4. The summed E-state index contributed by atoms with van der Waals surface area (Å²) < 4.78 is 5.00. The van der Waals surface area contributed by atoms with Crippen LogP contribution in [0.3, 0.4) is 0 Å². The van der Waals surface area contributed by atoms with Gasteiger partial charge in [0.05, 0.1) is 24.9 Å². The molecule has 2 aliphatic heterocycles. The van der Waals surface area contributed by atoms with E-state index in [9.17, 15) is 14.4 Å². The van der Waals surface area contributed by atoms with Gasteiger partial charge in [-0.2, -0.15) is 0 Å². The van der Waals surface area contributed by atoms with Crippen molar-refractivity contribution in [2.24, 2.45) is 0 Å². The number of ether oxygens (including phenoxy) is 1. The molecule has 0 radical (unpaired) electrons. The summed E-state index contributed by atoms with van der Waals surface area (Å²) in [6.07, 6.45) is -0.527. The number of halogens is 1. The Morgan fingerprint density at radius 3 is 2.42 bits per heavy atom. The van der Waals surface area contributed by atoms with Gasteiger partial charge in [0.25, 0.3) is 0 Å². The van der Waals surface area contributed by atoms with Crippen molar-refractivity contribution in [3.63, 3.8) is 0 Å². The molecule has 0 aliphatic carbocycles. The maximum atomic E-state index is 12.5. The highest BCUT2D eigenvalue weighted by atomic mass is 35.5. The SMILES string of the molecule is CCOC(=O)N1CCN(C2CC(=O)N(c3ccc(Cl)cc3)C(=O)N2)CC1. The molecule has 2 aliphatic rings. The molecule has 0 aromatic heterocycles. The van der Waals surface area contributed by atoms with Crippen LogP contribution in [-0.4, -0.2) is 66.8 Å². The van der Waals surface area contributed by atoms with Crippen molar-refractivity contribution in [2.45, 2.75) is 19.5 Å². The topological polar surface area (TPSA) is 82.2 Å². The molecule has 1 N–H and O–H groups in total. The lowest BCUT2D eigenvalue weighted by molar-refractivity contribution is -0.120. The van der Waals surface area contributed by atoms with Crippen molar-refractivity contribution in [2.75, 3.05) is 37.7 Å². The summed E-state index contributed by atoms with van der Waals surface area (Å²) in [6.45, 7) is 4.24. The number of anilines is 1. The van der Waals surface area contributed by atoms with Gasteiger partial charge in [-0.05, 0) is 31.2 Å². The van der Waals surface area contributed by atoms with Crippen LogP contribution in [0.2, 0.25) is 5.02 Å². The quantitative estimate of drug-likeness (QED) is 0.865. The number of nitrogens with one attached hydrogen (secondary N) is 1. The Hall–Kier alpha value is -2.32. The minimum absolute atomic E-state index is 0.174. The summed E-state index contributed by atoms with van der Waals surface area (Å²) in [4.78, 5) is 41.5. The minimum atomic E-state index is -0.457. The Morgan fingerprint density at radius 2 is 1.85 bits per heavy atom. The minimum Gasteiger partial charge on any atom is -0.450 e. The van der Waals surface area contributed by atoms with Crippen molar-refractivity contribution in [3.8, 4) is 0 Å². The molecule has 9 heteroatoms. The first kappa shape index (κ1) is 18.5. The van der Waals surface area contributed by atoms with Gasteiger partial charge in [-0.1, -0.05) is 11.6 Å². The van der Waals surface area contributed by atoms with Crippen LogP contribution in [0.4, 0.5) is 15.3 Å². The van der Waals surface area contributed by atoms with E-state index in [4.69, 9.17) is 16.3 Å². The van der Waals surface area contributed by atoms with Gasteiger partial charge in [0, 0.05) is 31.2 Å². The van der Waals surface area contributed by atoms with Gasteiger partial charge in [-0.3, -0.25) is 9.69 Å². The van der Waals surface area contributed by atoms with Crippen LogP contribution in [-0.2, 0) is 9.53 Å². The summed E-state index contributed by atoms with van der Waals surface area (Å²) in [7, 11) is 0. The van der Waals surface area contributed by atoms with Crippen LogP contribution in [0.25, 0.3) is 0 Å². The number of nitrogens with zero attached hydrogens (tertiary/aromatic N) is 3. The number of carbonyl (C=O) groups is 3. The second-order valence-electron chi connectivity index (χ2n) is 6.10. The zero-order valence-corrected chi connectivity index (χ0v) is 15.2. The first-order valence-corrected chi connectivity index (χ1v) is 8.92. The van der Waals surface area contributed by atoms with E-state index >= 15 is 0 Å². The fraction of sp³-hybridized carbons (Fsp3) is 0.471. The molecule has 0 spiro atoms. The normalized spacial score (nSPS) is 21.5. The van der Waals surface area contributed by atoms with Gasteiger partial charge < -0.3 is 15.0 Å². The number of hydrogen-bond acceptors (Lipinski definition) is 5. The van der Waals surface area contributed by atoms with Crippen LogP contribution < -0.4 is 10.2 Å². The second-order valence-corrected chi connectivity index (χ2v) is 6.53. The van der Waals surface area contributed by atoms with Gasteiger partial charge in [0.1, 0.15) is 0 Å². The molecule has 1 aromatic rings. The number of hydrogen-bond donors (Lipinski definition) is 1. The lowest BCUT2D eigenvalue weighted by Gasteiger charge is -2.41. The summed E-state index contributed by atoms with van der Waals surface area (Å²) in [5, 5.41) is 3.41. The molecule has 1 atom stereocenters. The van der Waals surface area contributed by atoms with Crippen molar-refractivity contribution < 1.29 is 19.1 Å². The Bertz CT molecular complexity index is 671. The van der Waals surface area contributed by atoms with E-state index < -0.39 is 6.03 Å². The summed E-state index contributed by atoms with van der Waals surface area (Å²) in [5.41, 5.74) is 0.488. The predicted molar refractivity (Wildman–Crippen MR) is 96.0 cm³/mol. The molecule has 3 rings (SSSR count). The average Bonchev–Trinajstić information content (AvgIpc) is 2.63. The van der Waals surface area contributed by atoms with Gasteiger partial charge >= 0.3 is 12.1 Å². The molecular formula is C17H21ClN4O4. The molecule has 8 nitrogen and oxygen atoms in total. The fourth-order valence-electron chi connectivity index (χ4n) is 3.13. The third-order valence-corrected chi connectivity index (χ3v) is 4.73. The molecule has 2 saturated heterocycles.